The van der Waals surface area contributed by atoms with E-state index in [0.29, 0.717) is 5.92 Å². The van der Waals surface area contributed by atoms with Crippen LogP contribution >= 0.6 is 0 Å². The summed E-state index contributed by atoms with van der Waals surface area (Å²) in [5.74, 6) is -0.339. The minimum atomic E-state index is -0.721. The molecular formula is C15H20N2O2. The minimum absolute atomic E-state index is 0.267. The van der Waals surface area contributed by atoms with Crippen molar-refractivity contribution in [2.75, 3.05) is 0 Å². The normalized spacial score (nSPS) is 30.6. The molecule has 4 nitrogen and oxygen atoms in total. The molecule has 0 bridgehead atoms. The standard InChI is InChI=1S/C15H20N2O2/c18-15(19)13-8-2-7-12(17-13)11-6-1-4-10-5-3-9-16-14(10)11/h3,5,9,11-13,17H,1-2,4,6-8H2,(H,18,19). The number of aryl methyl sites for hydroxylation is 1. The fraction of sp³-hybridized carbons (Fsp3) is 0.600. The van der Waals surface area contributed by atoms with Crippen LogP contribution in [0.5, 0.6) is 0 Å². The third-order valence-electron chi connectivity index (χ3n) is 4.45. The molecule has 4 heteroatoms. The molecule has 0 saturated carbocycles. The maximum atomic E-state index is 11.2. The van der Waals surface area contributed by atoms with Gasteiger partial charge >= 0.3 is 5.97 Å². The topological polar surface area (TPSA) is 62.2 Å². The zero-order chi connectivity index (χ0) is 13.2. The summed E-state index contributed by atoms with van der Waals surface area (Å²) >= 11 is 0. The quantitative estimate of drug-likeness (QED) is 0.854. The molecule has 1 aliphatic heterocycles. The first-order valence-electron chi connectivity index (χ1n) is 7.18. The van der Waals surface area contributed by atoms with Crippen LogP contribution in [-0.2, 0) is 11.2 Å². The van der Waals surface area contributed by atoms with Crippen LogP contribution in [0, 0.1) is 0 Å². The molecule has 102 valence electrons. The van der Waals surface area contributed by atoms with Gasteiger partial charge in [0.25, 0.3) is 0 Å². The lowest BCUT2D eigenvalue weighted by Crippen LogP contribution is -2.49. The first-order valence-corrected chi connectivity index (χ1v) is 7.18. The summed E-state index contributed by atoms with van der Waals surface area (Å²) in [6, 6.07) is 4.04. The van der Waals surface area contributed by atoms with Crippen molar-refractivity contribution >= 4 is 5.97 Å². The molecule has 2 heterocycles. The molecule has 3 atom stereocenters. The van der Waals surface area contributed by atoms with Gasteiger partial charge in [-0.05, 0) is 50.2 Å². The summed E-state index contributed by atoms with van der Waals surface area (Å²) < 4.78 is 0. The number of carboxylic acid groups (broad SMARTS) is 1. The van der Waals surface area contributed by atoms with E-state index >= 15 is 0 Å². The van der Waals surface area contributed by atoms with Crippen LogP contribution < -0.4 is 5.32 Å². The summed E-state index contributed by atoms with van der Waals surface area (Å²) in [7, 11) is 0. The molecule has 19 heavy (non-hydrogen) atoms. The number of rotatable bonds is 2. The van der Waals surface area contributed by atoms with E-state index < -0.39 is 5.97 Å². The monoisotopic (exact) mass is 260 g/mol. The highest BCUT2D eigenvalue weighted by atomic mass is 16.4. The number of aromatic nitrogens is 1. The predicted molar refractivity (Wildman–Crippen MR) is 72.1 cm³/mol. The van der Waals surface area contributed by atoms with Crippen LogP contribution in [0.25, 0.3) is 0 Å². The average Bonchev–Trinajstić information content (AvgIpc) is 2.47. The van der Waals surface area contributed by atoms with Gasteiger partial charge in [-0.15, -0.1) is 0 Å². The van der Waals surface area contributed by atoms with Gasteiger partial charge in [-0.1, -0.05) is 6.07 Å². The highest BCUT2D eigenvalue weighted by molar-refractivity contribution is 5.73. The van der Waals surface area contributed by atoms with Crippen molar-refractivity contribution in [3.63, 3.8) is 0 Å². The van der Waals surface area contributed by atoms with Gasteiger partial charge in [0.15, 0.2) is 0 Å². The van der Waals surface area contributed by atoms with Gasteiger partial charge in [0.2, 0.25) is 0 Å². The Morgan fingerprint density at radius 2 is 2.21 bits per heavy atom. The third-order valence-corrected chi connectivity index (χ3v) is 4.45. The second kappa shape index (κ2) is 5.29. The van der Waals surface area contributed by atoms with Crippen molar-refractivity contribution in [3.8, 4) is 0 Å². The van der Waals surface area contributed by atoms with Gasteiger partial charge in [0.05, 0.1) is 0 Å². The van der Waals surface area contributed by atoms with Gasteiger partial charge in [-0.3, -0.25) is 9.78 Å². The Hall–Kier alpha value is -1.42. The number of nitrogens with one attached hydrogen (secondary N) is 1. The van der Waals surface area contributed by atoms with Crippen LogP contribution in [0.4, 0.5) is 0 Å². The summed E-state index contributed by atoms with van der Waals surface area (Å²) in [6.45, 7) is 0. The van der Waals surface area contributed by atoms with Gasteiger partial charge in [-0.25, -0.2) is 0 Å². The van der Waals surface area contributed by atoms with Crippen molar-refractivity contribution in [3.05, 3.63) is 29.6 Å². The molecule has 0 radical (unpaired) electrons. The van der Waals surface area contributed by atoms with Crippen molar-refractivity contribution in [2.24, 2.45) is 0 Å². The summed E-state index contributed by atoms with van der Waals surface area (Å²) in [4.78, 5) is 15.7. The molecule has 3 rings (SSSR count). The second-order valence-electron chi connectivity index (χ2n) is 5.64. The highest BCUT2D eigenvalue weighted by Crippen LogP contribution is 2.35. The number of fused-ring (bicyclic) bond motifs is 1. The van der Waals surface area contributed by atoms with Crippen LogP contribution in [0.1, 0.15) is 49.3 Å². The Morgan fingerprint density at radius 3 is 3.05 bits per heavy atom. The smallest absolute Gasteiger partial charge is 0.320 e. The zero-order valence-corrected chi connectivity index (χ0v) is 11.0. The Labute approximate surface area is 113 Å². The van der Waals surface area contributed by atoms with Gasteiger partial charge in [0, 0.05) is 23.9 Å². The second-order valence-corrected chi connectivity index (χ2v) is 5.64. The Balaban J connectivity index is 1.81. The van der Waals surface area contributed by atoms with Crippen LogP contribution in [-0.4, -0.2) is 28.1 Å². The Bertz CT molecular complexity index is 475. The molecular weight excluding hydrogens is 240 g/mol. The lowest BCUT2D eigenvalue weighted by molar-refractivity contribution is -0.140. The molecule has 2 aliphatic rings. The van der Waals surface area contributed by atoms with E-state index in [0.717, 1.165) is 32.1 Å². The van der Waals surface area contributed by atoms with Crippen molar-refractivity contribution < 1.29 is 9.90 Å². The number of nitrogens with zero attached hydrogens (tertiary/aromatic N) is 1. The van der Waals surface area contributed by atoms with Gasteiger partial charge < -0.3 is 10.4 Å². The molecule has 0 spiro atoms. The fourth-order valence-electron chi connectivity index (χ4n) is 3.52. The number of carbonyl (C=O) groups is 1. The summed E-state index contributed by atoms with van der Waals surface area (Å²) in [6.07, 6.45) is 8.06. The van der Waals surface area contributed by atoms with E-state index in [2.05, 4.69) is 16.4 Å². The van der Waals surface area contributed by atoms with Crippen LogP contribution in [0.3, 0.4) is 0 Å². The van der Waals surface area contributed by atoms with E-state index in [4.69, 9.17) is 0 Å². The van der Waals surface area contributed by atoms with E-state index in [1.807, 2.05) is 12.3 Å². The molecule has 1 aromatic heterocycles. The third kappa shape index (κ3) is 2.50. The minimum Gasteiger partial charge on any atom is -0.480 e. The first kappa shape index (κ1) is 12.6. The molecule has 1 saturated heterocycles. The number of aliphatic carboxylic acids is 1. The lowest BCUT2D eigenvalue weighted by atomic mass is 9.78. The van der Waals surface area contributed by atoms with Gasteiger partial charge in [0.1, 0.15) is 6.04 Å². The van der Waals surface area contributed by atoms with Crippen LogP contribution in [0.15, 0.2) is 18.3 Å². The number of piperidine rings is 1. The first-order chi connectivity index (χ1) is 9.25. The predicted octanol–water partition coefficient (Wildman–Crippen LogP) is 2.10. The van der Waals surface area contributed by atoms with Crippen molar-refractivity contribution in [1.29, 1.82) is 0 Å². The van der Waals surface area contributed by atoms with E-state index in [1.165, 1.54) is 17.7 Å². The fourth-order valence-corrected chi connectivity index (χ4v) is 3.52. The highest BCUT2D eigenvalue weighted by Gasteiger charge is 2.34. The molecule has 1 fully saturated rings. The van der Waals surface area contributed by atoms with Gasteiger partial charge in [-0.2, -0.15) is 0 Å². The lowest BCUT2D eigenvalue weighted by Gasteiger charge is -2.36. The number of carboxylic acids is 1. The number of hydrogen-bond donors (Lipinski definition) is 2. The summed E-state index contributed by atoms with van der Waals surface area (Å²) in [5, 5.41) is 12.5. The molecule has 1 aromatic rings. The molecule has 3 unspecified atom stereocenters. The number of hydrogen-bond acceptors (Lipinski definition) is 3. The molecule has 0 aromatic carbocycles. The molecule has 1 aliphatic carbocycles. The van der Waals surface area contributed by atoms with Crippen molar-refractivity contribution in [1.82, 2.24) is 10.3 Å². The van der Waals surface area contributed by atoms with Crippen molar-refractivity contribution in [2.45, 2.75) is 56.5 Å². The largest absolute Gasteiger partial charge is 0.480 e. The number of pyridine rings is 1. The molecule has 2 N–H and O–H groups in total. The SMILES string of the molecule is O=C(O)C1CCCC(C2CCCc3cccnc32)N1. The average molecular weight is 260 g/mol. The van der Waals surface area contributed by atoms with Crippen LogP contribution in [0.2, 0.25) is 0 Å². The maximum absolute atomic E-state index is 11.2. The Morgan fingerprint density at radius 1 is 1.32 bits per heavy atom. The zero-order valence-electron chi connectivity index (χ0n) is 11.0. The van der Waals surface area contributed by atoms with E-state index in [-0.39, 0.29) is 12.1 Å². The summed E-state index contributed by atoms with van der Waals surface area (Å²) in [5.41, 5.74) is 2.54. The Kier molecular flexibility index (Phi) is 3.51. The molecule has 0 amide bonds. The van der Waals surface area contributed by atoms with E-state index in [1.54, 1.807) is 0 Å². The maximum Gasteiger partial charge on any atom is 0.320 e. The van der Waals surface area contributed by atoms with E-state index in [9.17, 15) is 9.90 Å².